The number of benzene rings is 1. The van der Waals surface area contributed by atoms with Crippen molar-refractivity contribution in [2.45, 2.75) is 0 Å². The molecule has 0 aliphatic heterocycles. The lowest BCUT2D eigenvalue weighted by Crippen LogP contribution is -2.29. The van der Waals surface area contributed by atoms with Crippen LogP contribution in [0.1, 0.15) is 0 Å². The van der Waals surface area contributed by atoms with Gasteiger partial charge in [0.2, 0.25) is 11.9 Å². The van der Waals surface area contributed by atoms with Gasteiger partial charge in [0.05, 0.1) is 23.8 Å². The molecule has 1 amide bonds. The molecule has 0 aliphatic carbocycles. The number of nitrogens with one attached hydrogen (secondary N) is 1. The molecule has 0 aliphatic rings. The first kappa shape index (κ1) is 17.2. The molecule has 0 bridgehead atoms. The summed E-state index contributed by atoms with van der Waals surface area (Å²) < 4.78 is 0. The Morgan fingerprint density at radius 3 is 2.35 bits per heavy atom. The van der Waals surface area contributed by atoms with Crippen molar-refractivity contribution in [3.05, 3.63) is 42.7 Å². The number of carbonyl (C=O) groups excluding carboxylic acids is 1. The van der Waals surface area contributed by atoms with Crippen LogP contribution in [-0.2, 0) is 4.79 Å². The van der Waals surface area contributed by atoms with Crippen LogP contribution >= 0.6 is 12.6 Å². The normalized spacial score (nSPS) is 10.6. The summed E-state index contributed by atoms with van der Waals surface area (Å²) in [4.78, 5) is 24.2. The van der Waals surface area contributed by atoms with Crippen molar-refractivity contribution in [3.8, 4) is 0 Å². The first-order valence-electron chi connectivity index (χ1n) is 7.30. The Bertz CT molecular complexity index is 618. The maximum absolute atomic E-state index is 11.3. The molecular formula is C16H21N5OS. The van der Waals surface area contributed by atoms with Crippen LogP contribution in [0.2, 0.25) is 0 Å². The van der Waals surface area contributed by atoms with Crippen molar-refractivity contribution in [1.82, 2.24) is 14.9 Å². The van der Waals surface area contributed by atoms with Crippen LogP contribution in [-0.4, -0.2) is 53.7 Å². The minimum absolute atomic E-state index is 0.126. The fourth-order valence-corrected chi connectivity index (χ4v) is 2.06. The van der Waals surface area contributed by atoms with Gasteiger partial charge in [-0.3, -0.25) is 4.79 Å². The second kappa shape index (κ2) is 8.50. The molecule has 0 spiro atoms. The van der Waals surface area contributed by atoms with Crippen LogP contribution in [0.4, 0.5) is 17.3 Å². The van der Waals surface area contributed by atoms with E-state index in [9.17, 15) is 4.79 Å². The number of aromatic nitrogens is 2. The van der Waals surface area contributed by atoms with E-state index in [2.05, 4.69) is 32.8 Å². The molecule has 2 aromatic rings. The van der Waals surface area contributed by atoms with Gasteiger partial charge >= 0.3 is 0 Å². The molecule has 1 aromatic carbocycles. The monoisotopic (exact) mass is 331 g/mol. The van der Waals surface area contributed by atoms with Crippen molar-refractivity contribution < 1.29 is 4.79 Å². The predicted octanol–water partition coefficient (Wildman–Crippen LogP) is 2.04. The van der Waals surface area contributed by atoms with Crippen LogP contribution in [0.3, 0.4) is 0 Å². The maximum Gasteiger partial charge on any atom is 0.234 e. The van der Waals surface area contributed by atoms with Gasteiger partial charge in [-0.2, -0.15) is 12.6 Å². The van der Waals surface area contributed by atoms with Gasteiger partial charge in [0, 0.05) is 18.8 Å². The van der Waals surface area contributed by atoms with E-state index in [-0.39, 0.29) is 11.7 Å². The molecule has 0 radical (unpaired) electrons. The number of hydrogen-bond donors (Lipinski definition) is 2. The zero-order chi connectivity index (χ0) is 16.7. The van der Waals surface area contributed by atoms with Gasteiger partial charge in [-0.05, 0) is 26.2 Å². The SMILES string of the molecule is CN(C)CCN(c1ccccc1)c1ncc(NC(=O)CS)cn1. The minimum atomic E-state index is -0.183. The Kier molecular flexibility index (Phi) is 6.37. The van der Waals surface area contributed by atoms with Gasteiger partial charge < -0.3 is 15.1 Å². The topological polar surface area (TPSA) is 61.4 Å². The third-order valence-electron chi connectivity index (χ3n) is 3.15. The average molecular weight is 331 g/mol. The number of rotatable bonds is 7. The number of amides is 1. The molecule has 0 saturated heterocycles. The largest absolute Gasteiger partial charge is 0.323 e. The molecule has 0 atom stereocenters. The zero-order valence-electron chi connectivity index (χ0n) is 13.3. The molecule has 1 aromatic heterocycles. The molecule has 122 valence electrons. The molecule has 1 heterocycles. The first-order chi connectivity index (χ1) is 11.1. The van der Waals surface area contributed by atoms with Crippen LogP contribution in [0.25, 0.3) is 0 Å². The lowest BCUT2D eigenvalue weighted by molar-refractivity contribution is -0.113. The summed E-state index contributed by atoms with van der Waals surface area (Å²) in [5.41, 5.74) is 1.59. The maximum atomic E-state index is 11.3. The van der Waals surface area contributed by atoms with Crippen LogP contribution in [0.15, 0.2) is 42.7 Å². The summed E-state index contributed by atoms with van der Waals surface area (Å²) >= 11 is 3.93. The van der Waals surface area contributed by atoms with E-state index in [1.165, 1.54) is 0 Å². The summed E-state index contributed by atoms with van der Waals surface area (Å²) in [5, 5.41) is 2.68. The van der Waals surface area contributed by atoms with Gasteiger partial charge in [0.25, 0.3) is 0 Å². The fourth-order valence-electron chi connectivity index (χ4n) is 1.98. The predicted molar refractivity (Wildman–Crippen MR) is 96.5 cm³/mol. The van der Waals surface area contributed by atoms with Gasteiger partial charge in [0.15, 0.2) is 0 Å². The minimum Gasteiger partial charge on any atom is -0.323 e. The summed E-state index contributed by atoms with van der Waals surface area (Å²) in [6.45, 7) is 1.63. The molecule has 23 heavy (non-hydrogen) atoms. The summed E-state index contributed by atoms with van der Waals surface area (Å²) in [6.07, 6.45) is 3.21. The Labute approximate surface area is 142 Å². The number of hydrogen-bond acceptors (Lipinski definition) is 6. The summed E-state index contributed by atoms with van der Waals surface area (Å²) in [5.74, 6) is 0.542. The Morgan fingerprint density at radius 2 is 1.78 bits per heavy atom. The second-order valence-corrected chi connectivity index (χ2v) is 5.58. The molecule has 0 saturated carbocycles. The van der Waals surface area contributed by atoms with E-state index < -0.39 is 0 Å². The van der Waals surface area contributed by atoms with Crippen molar-refractivity contribution in [1.29, 1.82) is 0 Å². The van der Waals surface area contributed by atoms with E-state index in [0.717, 1.165) is 18.8 Å². The lowest BCUT2D eigenvalue weighted by Gasteiger charge is -2.24. The van der Waals surface area contributed by atoms with Crippen molar-refractivity contribution in [2.24, 2.45) is 0 Å². The fraction of sp³-hybridized carbons (Fsp3) is 0.312. The highest BCUT2D eigenvalue weighted by molar-refractivity contribution is 7.81. The van der Waals surface area contributed by atoms with Gasteiger partial charge in [-0.25, -0.2) is 9.97 Å². The van der Waals surface area contributed by atoms with E-state index in [0.29, 0.717) is 11.6 Å². The third-order valence-corrected chi connectivity index (χ3v) is 3.43. The molecule has 6 nitrogen and oxygen atoms in total. The number of nitrogens with zero attached hydrogens (tertiary/aromatic N) is 4. The van der Waals surface area contributed by atoms with Crippen LogP contribution in [0.5, 0.6) is 0 Å². The molecule has 1 N–H and O–H groups in total. The zero-order valence-corrected chi connectivity index (χ0v) is 14.2. The third kappa shape index (κ3) is 5.22. The second-order valence-electron chi connectivity index (χ2n) is 5.27. The first-order valence-corrected chi connectivity index (χ1v) is 7.93. The van der Waals surface area contributed by atoms with Crippen LogP contribution < -0.4 is 10.2 Å². The lowest BCUT2D eigenvalue weighted by atomic mass is 10.3. The number of thiol groups is 1. The average Bonchev–Trinajstić information content (AvgIpc) is 2.57. The number of likely N-dealkylation sites (N-methyl/N-ethyl adjacent to an activating group) is 1. The Morgan fingerprint density at radius 1 is 1.13 bits per heavy atom. The molecule has 0 unspecified atom stereocenters. The Balaban J connectivity index is 2.19. The van der Waals surface area contributed by atoms with Crippen molar-refractivity contribution in [2.75, 3.05) is 43.2 Å². The van der Waals surface area contributed by atoms with E-state index in [1.54, 1.807) is 12.4 Å². The van der Waals surface area contributed by atoms with Gasteiger partial charge in [0.1, 0.15) is 0 Å². The molecular weight excluding hydrogens is 310 g/mol. The number of anilines is 3. The highest BCUT2D eigenvalue weighted by Gasteiger charge is 2.12. The number of para-hydroxylation sites is 1. The highest BCUT2D eigenvalue weighted by Crippen LogP contribution is 2.21. The van der Waals surface area contributed by atoms with E-state index >= 15 is 0 Å². The van der Waals surface area contributed by atoms with Gasteiger partial charge in [-0.1, -0.05) is 18.2 Å². The quantitative estimate of drug-likeness (QED) is 0.761. The molecule has 7 heteroatoms. The van der Waals surface area contributed by atoms with Gasteiger partial charge in [-0.15, -0.1) is 0 Å². The summed E-state index contributed by atoms with van der Waals surface area (Å²) in [7, 11) is 4.06. The van der Waals surface area contributed by atoms with E-state index in [1.807, 2.05) is 49.3 Å². The van der Waals surface area contributed by atoms with Crippen LogP contribution in [0, 0.1) is 0 Å². The smallest absolute Gasteiger partial charge is 0.234 e. The molecule has 2 rings (SSSR count). The van der Waals surface area contributed by atoms with Crippen molar-refractivity contribution in [3.63, 3.8) is 0 Å². The van der Waals surface area contributed by atoms with E-state index in [4.69, 9.17) is 0 Å². The Hall–Kier alpha value is -2.12. The number of carbonyl (C=O) groups is 1. The van der Waals surface area contributed by atoms with Crippen molar-refractivity contribution >= 4 is 35.9 Å². The standard InChI is InChI=1S/C16H21N5OS/c1-20(2)8-9-21(14-6-4-3-5-7-14)16-17-10-13(11-18-16)19-15(22)12-23/h3-7,10-11,23H,8-9,12H2,1-2H3,(H,19,22). The highest BCUT2D eigenvalue weighted by atomic mass is 32.1. The molecule has 0 fully saturated rings. The summed E-state index contributed by atoms with van der Waals surface area (Å²) in [6, 6.07) is 9.99.